The number of sulfonamides is 1. The predicted octanol–water partition coefficient (Wildman–Crippen LogP) is 2.92. The summed E-state index contributed by atoms with van der Waals surface area (Å²) in [5, 5.41) is 0.867. The van der Waals surface area contributed by atoms with Crippen LogP contribution >= 0.6 is 11.8 Å². The van der Waals surface area contributed by atoms with Crippen LogP contribution in [0.5, 0.6) is 0 Å². The Morgan fingerprint density at radius 2 is 2.14 bits per heavy atom. The zero-order chi connectivity index (χ0) is 15.7. The highest BCUT2D eigenvalue weighted by Gasteiger charge is 2.33. The minimum Gasteiger partial charge on any atom is -0.252 e. The van der Waals surface area contributed by atoms with Gasteiger partial charge in [0, 0.05) is 24.2 Å². The number of rotatable bonds is 4. The zero-order valence-electron chi connectivity index (χ0n) is 12.8. The summed E-state index contributed by atoms with van der Waals surface area (Å²) in [6.07, 6.45) is 3.01. The van der Waals surface area contributed by atoms with Crippen molar-refractivity contribution in [1.29, 1.82) is 0 Å². The van der Waals surface area contributed by atoms with Crippen LogP contribution in [-0.4, -0.2) is 42.8 Å². The second-order valence-corrected chi connectivity index (χ2v) is 8.57. The van der Waals surface area contributed by atoms with E-state index in [1.54, 1.807) is 28.2 Å². The van der Waals surface area contributed by atoms with Crippen LogP contribution in [0.25, 0.3) is 10.9 Å². The SMILES string of the molecule is CSC[C@@H]1CCN(S(=O)(=O)c2cccc3ccc(C)nc23)C1. The highest BCUT2D eigenvalue weighted by Crippen LogP contribution is 2.29. The largest absolute Gasteiger partial charge is 0.252 e. The van der Waals surface area contributed by atoms with Gasteiger partial charge in [-0.2, -0.15) is 16.1 Å². The number of fused-ring (bicyclic) bond motifs is 1. The summed E-state index contributed by atoms with van der Waals surface area (Å²) < 4.78 is 27.6. The third kappa shape index (κ3) is 2.87. The fourth-order valence-electron chi connectivity index (χ4n) is 2.95. The molecule has 4 nitrogen and oxygen atoms in total. The number of benzene rings is 1. The second kappa shape index (κ2) is 6.18. The smallest absolute Gasteiger partial charge is 0.245 e. The first-order valence-corrected chi connectivity index (χ1v) is 10.2. The molecule has 0 radical (unpaired) electrons. The number of aromatic nitrogens is 1. The average Bonchev–Trinajstić information content (AvgIpc) is 2.96. The van der Waals surface area contributed by atoms with E-state index in [0.29, 0.717) is 29.4 Å². The van der Waals surface area contributed by atoms with E-state index in [1.807, 2.05) is 25.1 Å². The molecule has 0 spiro atoms. The van der Waals surface area contributed by atoms with Crippen LogP contribution in [0.4, 0.5) is 0 Å². The normalized spacial score (nSPS) is 19.8. The summed E-state index contributed by atoms with van der Waals surface area (Å²) in [6, 6.07) is 9.20. The molecule has 2 aromatic rings. The van der Waals surface area contributed by atoms with Crippen molar-refractivity contribution in [2.24, 2.45) is 5.92 Å². The zero-order valence-corrected chi connectivity index (χ0v) is 14.5. The van der Waals surface area contributed by atoms with Crippen LogP contribution in [0.1, 0.15) is 12.1 Å². The van der Waals surface area contributed by atoms with Crippen LogP contribution in [0.3, 0.4) is 0 Å². The van der Waals surface area contributed by atoms with Gasteiger partial charge in [0.05, 0.1) is 5.52 Å². The van der Waals surface area contributed by atoms with Gasteiger partial charge in [0.2, 0.25) is 10.0 Å². The first-order valence-electron chi connectivity index (χ1n) is 7.38. The fraction of sp³-hybridized carbons (Fsp3) is 0.438. The third-order valence-electron chi connectivity index (χ3n) is 4.09. The van der Waals surface area contributed by atoms with Gasteiger partial charge in [-0.3, -0.25) is 4.98 Å². The van der Waals surface area contributed by atoms with E-state index >= 15 is 0 Å². The minimum atomic E-state index is -3.47. The van der Waals surface area contributed by atoms with Crippen molar-refractivity contribution in [3.63, 3.8) is 0 Å². The lowest BCUT2D eigenvalue weighted by Gasteiger charge is -2.17. The van der Waals surface area contributed by atoms with E-state index in [4.69, 9.17) is 0 Å². The summed E-state index contributed by atoms with van der Waals surface area (Å²) in [4.78, 5) is 4.79. The lowest BCUT2D eigenvalue weighted by Crippen LogP contribution is -2.29. The molecule has 118 valence electrons. The molecule has 0 bridgehead atoms. The van der Waals surface area contributed by atoms with E-state index in [-0.39, 0.29) is 0 Å². The van der Waals surface area contributed by atoms with Crippen molar-refractivity contribution in [3.05, 3.63) is 36.0 Å². The molecule has 22 heavy (non-hydrogen) atoms. The molecule has 1 saturated heterocycles. The van der Waals surface area contributed by atoms with Gasteiger partial charge < -0.3 is 0 Å². The second-order valence-electron chi connectivity index (χ2n) is 5.75. The Kier molecular flexibility index (Phi) is 4.43. The van der Waals surface area contributed by atoms with E-state index in [2.05, 4.69) is 11.2 Å². The highest BCUT2D eigenvalue weighted by atomic mass is 32.2. The van der Waals surface area contributed by atoms with Crippen LogP contribution in [0.15, 0.2) is 35.2 Å². The molecule has 6 heteroatoms. The lowest BCUT2D eigenvalue weighted by molar-refractivity contribution is 0.466. The minimum absolute atomic E-state index is 0.332. The number of hydrogen-bond donors (Lipinski definition) is 0. The summed E-state index contributed by atoms with van der Waals surface area (Å²) in [5.41, 5.74) is 1.41. The van der Waals surface area contributed by atoms with Crippen molar-refractivity contribution in [2.45, 2.75) is 18.2 Å². The molecular formula is C16H20N2O2S2. The maximum absolute atomic E-state index is 13.0. The summed E-state index contributed by atoms with van der Waals surface area (Å²) in [5.74, 6) is 1.47. The molecule has 1 aromatic heterocycles. The quantitative estimate of drug-likeness (QED) is 0.861. The van der Waals surface area contributed by atoms with Gasteiger partial charge >= 0.3 is 0 Å². The van der Waals surface area contributed by atoms with Gasteiger partial charge in [0.1, 0.15) is 4.90 Å². The number of hydrogen-bond acceptors (Lipinski definition) is 4. The van der Waals surface area contributed by atoms with Gasteiger partial charge in [-0.25, -0.2) is 8.42 Å². The lowest BCUT2D eigenvalue weighted by atomic mass is 10.2. The van der Waals surface area contributed by atoms with Crippen molar-refractivity contribution < 1.29 is 8.42 Å². The van der Waals surface area contributed by atoms with Crippen molar-refractivity contribution >= 4 is 32.7 Å². The summed E-state index contributed by atoms with van der Waals surface area (Å²) in [6.45, 7) is 3.11. The molecule has 1 atom stereocenters. The Hall–Kier alpha value is -1.11. The summed E-state index contributed by atoms with van der Waals surface area (Å²) >= 11 is 1.78. The maximum Gasteiger partial charge on any atom is 0.245 e. The number of nitrogens with zero attached hydrogens (tertiary/aromatic N) is 2. The van der Waals surface area contributed by atoms with E-state index < -0.39 is 10.0 Å². The van der Waals surface area contributed by atoms with Crippen LogP contribution in [0, 0.1) is 12.8 Å². The molecule has 1 fully saturated rings. The monoisotopic (exact) mass is 336 g/mol. The Balaban J connectivity index is 2.01. The molecule has 2 heterocycles. The van der Waals surface area contributed by atoms with Crippen molar-refractivity contribution in [3.8, 4) is 0 Å². The van der Waals surface area contributed by atoms with Crippen molar-refractivity contribution in [1.82, 2.24) is 9.29 Å². The van der Waals surface area contributed by atoms with Gasteiger partial charge in [0.15, 0.2) is 0 Å². The van der Waals surface area contributed by atoms with Crippen LogP contribution in [-0.2, 0) is 10.0 Å². The molecule has 0 saturated carbocycles. The molecule has 0 N–H and O–H groups in total. The molecule has 0 aliphatic carbocycles. The van der Waals surface area contributed by atoms with Gasteiger partial charge in [0.25, 0.3) is 0 Å². The molecule has 1 aliphatic rings. The molecule has 0 unspecified atom stereocenters. The molecule has 1 aliphatic heterocycles. The number of pyridine rings is 1. The molecule has 1 aromatic carbocycles. The summed E-state index contributed by atoms with van der Waals surface area (Å²) in [7, 11) is -3.47. The first-order chi connectivity index (χ1) is 10.5. The van der Waals surface area contributed by atoms with Gasteiger partial charge in [-0.05, 0) is 43.4 Å². The van der Waals surface area contributed by atoms with Gasteiger partial charge in [-0.1, -0.05) is 18.2 Å². The standard InChI is InChI=1S/C16H20N2O2S2/c1-12-6-7-14-4-3-5-15(16(14)17-12)22(19,20)18-9-8-13(10-18)11-21-2/h3-7,13H,8-11H2,1-2H3/t13-/m1/s1. The Morgan fingerprint density at radius 3 is 2.91 bits per heavy atom. The number of para-hydroxylation sites is 1. The first kappa shape index (κ1) is 15.8. The Bertz CT molecular complexity index is 790. The average molecular weight is 336 g/mol. The van der Waals surface area contributed by atoms with E-state index in [0.717, 1.165) is 23.3 Å². The fourth-order valence-corrected chi connectivity index (χ4v) is 5.38. The van der Waals surface area contributed by atoms with E-state index in [9.17, 15) is 8.42 Å². The molecular weight excluding hydrogens is 316 g/mol. The molecule has 0 amide bonds. The topological polar surface area (TPSA) is 50.3 Å². The van der Waals surface area contributed by atoms with Crippen molar-refractivity contribution in [2.75, 3.05) is 25.1 Å². The number of aryl methyl sites for hydroxylation is 1. The third-order valence-corrected chi connectivity index (χ3v) is 6.79. The predicted molar refractivity (Wildman–Crippen MR) is 91.7 cm³/mol. The van der Waals surface area contributed by atoms with Gasteiger partial charge in [-0.15, -0.1) is 0 Å². The Morgan fingerprint density at radius 1 is 1.32 bits per heavy atom. The number of thioether (sulfide) groups is 1. The maximum atomic E-state index is 13.0. The molecule has 3 rings (SSSR count). The highest BCUT2D eigenvalue weighted by molar-refractivity contribution is 7.98. The Labute approximate surface area is 136 Å². The van der Waals surface area contributed by atoms with Crippen LogP contribution in [0.2, 0.25) is 0 Å². The van der Waals surface area contributed by atoms with Crippen LogP contribution < -0.4 is 0 Å². The van der Waals surface area contributed by atoms with E-state index in [1.165, 1.54) is 0 Å².